The molecule has 1 aromatic rings. The van der Waals surface area contributed by atoms with Gasteiger partial charge in [-0.25, -0.2) is 4.79 Å². The van der Waals surface area contributed by atoms with Crippen molar-refractivity contribution in [1.29, 1.82) is 0 Å². The number of hydrogen-bond donors (Lipinski definition) is 2. The zero-order valence-corrected chi connectivity index (χ0v) is 12.2. The molecule has 1 atom stereocenters. The molecular weight excluding hydrogens is 278 g/mol. The van der Waals surface area contributed by atoms with E-state index in [9.17, 15) is 9.59 Å². The minimum atomic E-state index is -1.04. The van der Waals surface area contributed by atoms with E-state index in [0.29, 0.717) is 17.1 Å². The van der Waals surface area contributed by atoms with Gasteiger partial charge in [0.15, 0.2) is 11.5 Å². The zero-order valence-electron chi connectivity index (χ0n) is 12.2. The fourth-order valence-electron chi connectivity index (χ4n) is 1.81. The summed E-state index contributed by atoms with van der Waals surface area (Å²) in [4.78, 5) is 22.5. The highest BCUT2D eigenvalue weighted by atomic mass is 16.5. The van der Waals surface area contributed by atoms with Crippen LogP contribution in [0.5, 0.6) is 11.5 Å². The summed E-state index contributed by atoms with van der Waals surface area (Å²) in [5, 5.41) is 11.5. The average Bonchev–Trinajstić information content (AvgIpc) is 2.45. The topological polar surface area (TPSA) is 94.1 Å². The molecule has 2 N–H and O–H groups in total. The predicted molar refractivity (Wildman–Crippen MR) is 74.7 cm³/mol. The number of amides is 1. The number of carboxylic acid groups (broad SMARTS) is 1. The monoisotopic (exact) mass is 297 g/mol. The summed E-state index contributed by atoms with van der Waals surface area (Å²) in [6, 6.07) is 4.22. The number of carboxylic acids is 1. The minimum Gasteiger partial charge on any atom is -0.493 e. The number of nitrogens with one attached hydrogen (secondary N) is 1. The van der Waals surface area contributed by atoms with Crippen LogP contribution in [-0.2, 0) is 9.53 Å². The van der Waals surface area contributed by atoms with Gasteiger partial charge in [-0.3, -0.25) is 4.79 Å². The molecule has 0 aliphatic heterocycles. The predicted octanol–water partition coefficient (Wildman–Crippen LogP) is 1.97. The Morgan fingerprint density at radius 1 is 1.24 bits per heavy atom. The molecule has 1 aromatic carbocycles. The molecule has 0 spiro atoms. The average molecular weight is 297 g/mol. The van der Waals surface area contributed by atoms with Gasteiger partial charge in [0, 0.05) is 0 Å². The molecule has 0 aliphatic rings. The van der Waals surface area contributed by atoms with Crippen molar-refractivity contribution < 1.29 is 28.9 Å². The van der Waals surface area contributed by atoms with Crippen molar-refractivity contribution in [2.45, 2.75) is 19.4 Å². The first kappa shape index (κ1) is 16.6. The van der Waals surface area contributed by atoms with Gasteiger partial charge in [0.25, 0.3) is 0 Å². The Kier molecular flexibility index (Phi) is 6.32. The van der Waals surface area contributed by atoms with Gasteiger partial charge in [-0.15, -0.1) is 0 Å². The van der Waals surface area contributed by atoms with Crippen LogP contribution < -0.4 is 14.8 Å². The van der Waals surface area contributed by atoms with Crippen molar-refractivity contribution in [2.75, 3.05) is 20.8 Å². The van der Waals surface area contributed by atoms with E-state index >= 15 is 0 Å². The van der Waals surface area contributed by atoms with Crippen LogP contribution in [-0.4, -0.2) is 38.0 Å². The van der Waals surface area contributed by atoms with E-state index in [1.165, 1.54) is 14.2 Å². The van der Waals surface area contributed by atoms with E-state index in [1.807, 2.05) is 0 Å². The number of alkyl carbamates (subject to hydrolysis) is 1. The number of carbonyl (C=O) groups excluding carboxylic acids is 1. The Bertz CT molecular complexity index is 502. The van der Waals surface area contributed by atoms with Crippen LogP contribution in [0, 0.1) is 0 Å². The van der Waals surface area contributed by atoms with Crippen LogP contribution in [0.2, 0.25) is 0 Å². The summed E-state index contributed by atoms with van der Waals surface area (Å²) in [7, 11) is 2.98. The van der Waals surface area contributed by atoms with Gasteiger partial charge in [-0.2, -0.15) is 0 Å². The summed E-state index contributed by atoms with van der Waals surface area (Å²) in [5.74, 6) is -0.0610. The number of aliphatic carboxylic acids is 1. The number of benzene rings is 1. The lowest BCUT2D eigenvalue weighted by Crippen LogP contribution is -2.30. The first-order chi connectivity index (χ1) is 10.0. The standard InChI is InChI=1S/C14H19NO6/c1-4-21-14(18)15-10(8-13(16)17)9-5-6-11(19-2)12(7-9)20-3/h5-7,10H,4,8H2,1-3H3,(H,15,18)(H,16,17)/t10-/m1/s1. The van der Waals surface area contributed by atoms with Gasteiger partial charge in [-0.05, 0) is 24.6 Å². The SMILES string of the molecule is CCOC(=O)N[C@H](CC(=O)O)c1ccc(OC)c(OC)c1. The second kappa shape index (κ2) is 7.98. The quantitative estimate of drug-likeness (QED) is 0.799. The lowest BCUT2D eigenvalue weighted by Gasteiger charge is -2.18. The lowest BCUT2D eigenvalue weighted by molar-refractivity contribution is -0.137. The van der Waals surface area contributed by atoms with E-state index < -0.39 is 18.1 Å². The second-order valence-corrected chi connectivity index (χ2v) is 4.13. The van der Waals surface area contributed by atoms with Crippen LogP contribution in [0.3, 0.4) is 0 Å². The van der Waals surface area contributed by atoms with Crippen molar-refractivity contribution in [1.82, 2.24) is 5.32 Å². The number of rotatable bonds is 7. The van der Waals surface area contributed by atoms with Crippen LogP contribution in [0.15, 0.2) is 18.2 Å². The number of ether oxygens (including phenoxy) is 3. The van der Waals surface area contributed by atoms with E-state index in [-0.39, 0.29) is 13.0 Å². The summed E-state index contributed by atoms with van der Waals surface area (Å²) in [6.45, 7) is 1.87. The zero-order chi connectivity index (χ0) is 15.8. The van der Waals surface area contributed by atoms with Gasteiger partial charge in [-0.1, -0.05) is 6.07 Å². The van der Waals surface area contributed by atoms with Crippen LogP contribution >= 0.6 is 0 Å². The molecule has 0 saturated carbocycles. The van der Waals surface area contributed by atoms with Gasteiger partial charge < -0.3 is 24.6 Å². The molecule has 7 nitrogen and oxygen atoms in total. The normalized spacial score (nSPS) is 11.4. The first-order valence-electron chi connectivity index (χ1n) is 6.38. The van der Waals surface area contributed by atoms with Crippen LogP contribution in [0.1, 0.15) is 24.9 Å². The number of methoxy groups -OCH3 is 2. The molecule has 21 heavy (non-hydrogen) atoms. The molecule has 0 fully saturated rings. The van der Waals surface area contributed by atoms with Crippen molar-refractivity contribution in [3.63, 3.8) is 0 Å². The van der Waals surface area contributed by atoms with Crippen LogP contribution in [0.25, 0.3) is 0 Å². The molecule has 116 valence electrons. The van der Waals surface area contributed by atoms with Gasteiger partial charge >= 0.3 is 12.1 Å². The maximum atomic E-state index is 11.5. The molecule has 1 amide bonds. The molecular formula is C14H19NO6. The molecule has 0 saturated heterocycles. The van der Waals surface area contributed by atoms with Crippen molar-refractivity contribution >= 4 is 12.1 Å². The van der Waals surface area contributed by atoms with Gasteiger partial charge in [0.1, 0.15) is 0 Å². The summed E-state index contributed by atoms with van der Waals surface area (Å²) in [6.07, 6.45) is -0.938. The van der Waals surface area contributed by atoms with E-state index in [4.69, 9.17) is 19.3 Å². The van der Waals surface area contributed by atoms with Crippen molar-refractivity contribution in [3.8, 4) is 11.5 Å². The minimum absolute atomic E-state index is 0.206. The summed E-state index contributed by atoms with van der Waals surface area (Å²) in [5.41, 5.74) is 0.586. The Morgan fingerprint density at radius 2 is 1.90 bits per heavy atom. The maximum absolute atomic E-state index is 11.5. The first-order valence-corrected chi connectivity index (χ1v) is 6.38. The van der Waals surface area contributed by atoms with E-state index in [2.05, 4.69) is 5.32 Å². The second-order valence-electron chi connectivity index (χ2n) is 4.13. The van der Waals surface area contributed by atoms with Crippen molar-refractivity contribution in [2.24, 2.45) is 0 Å². The molecule has 7 heteroatoms. The van der Waals surface area contributed by atoms with Crippen LogP contribution in [0.4, 0.5) is 4.79 Å². The highest BCUT2D eigenvalue weighted by Crippen LogP contribution is 2.30. The van der Waals surface area contributed by atoms with E-state index in [1.54, 1.807) is 25.1 Å². The van der Waals surface area contributed by atoms with Gasteiger partial charge in [0.2, 0.25) is 0 Å². The molecule has 0 bridgehead atoms. The highest BCUT2D eigenvalue weighted by molar-refractivity contribution is 5.72. The number of hydrogen-bond acceptors (Lipinski definition) is 5. The largest absolute Gasteiger partial charge is 0.493 e. The summed E-state index contributed by atoms with van der Waals surface area (Å²) < 4.78 is 15.1. The molecule has 0 unspecified atom stereocenters. The summed E-state index contributed by atoms with van der Waals surface area (Å²) >= 11 is 0. The Hall–Kier alpha value is -2.44. The smallest absolute Gasteiger partial charge is 0.407 e. The van der Waals surface area contributed by atoms with E-state index in [0.717, 1.165) is 0 Å². The third-order valence-corrected chi connectivity index (χ3v) is 2.76. The Labute approximate surface area is 122 Å². The Morgan fingerprint density at radius 3 is 2.43 bits per heavy atom. The Balaban J connectivity index is 3.01. The third-order valence-electron chi connectivity index (χ3n) is 2.76. The fraction of sp³-hybridized carbons (Fsp3) is 0.429. The highest BCUT2D eigenvalue weighted by Gasteiger charge is 2.20. The van der Waals surface area contributed by atoms with Crippen molar-refractivity contribution in [3.05, 3.63) is 23.8 Å². The molecule has 0 aliphatic carbocycles. The lowest BCUT2D eigenvalue weighted by atomic mass is 10.0. The maximum Gasteiger partial charge on any atom is 0.407 e. The molecule has 0 radical (unpaired) electrons. The molecule has 0 aromatic heterocycles. The fourth-order valence-corrected chi connectivity index (χ4v) is 1.81. The van der Waals surface area contributed by atoms with Gasteiger partial charge in [0.05, 0.1) is 33.3 Å². The molecule has 0 heterocycles. The molecule has 1 rings (SSSR count). The third kappa shape index (κ3) is 4.87. The number of carbonyl (C=O) groups is 2.